The highest BCUT2D eigenvalue weighted by atomic mass is 16.5. The molecule has 4 rings (SSSR count). The largest absolute Gasteiger partial charge is 0.379 e. The van der Waals surface area contributed by atoms with Crippen molar-refractivity contribution in [3.8, 4) is 0 Å². The molecule has 2 aliphatic heterocycles. The van der Waals surface area contributed by atoms with Gasteiger partial charge in [-0.25, -0.2) is 0 Å². The van der Waals surface area contributed by atoms with Gasteiger partial charge < -0.3 is 9.47 Å². The molecule has 0 saturated carbocycles. The first-order chi connectivity index (χ1) is 15.8. The maximum absolute atomic E-state index is 12.9. The summed E-state index contributed by atoms with van der Waals surface area (Å²) >= 11 is 0. The first-order valence-corrected chi connectivity index (χ1v) is 12.1. The molecule has 0 amide bonds. The Hall–Kier alpha value is -2.05. The van der Waals surface area contributed by atoms with Gasteiger partial charge in [-0.2, -0.15) is 0 Å². The van der Waals surface area contributed by atoms with E-state index in [1.165, 1.54) is 11.1 Å². The summed E-state index contributed by atoms with van der Waals surface area (Å²) in [4.78, 5) is 17.8. The SMILES string of the molecule is O=C(c1ccc(CCCN2CCOCC2)cc1)c1ccc(CCCN2CCOCC2)cc1. The average molecular weight is 437 g/mol. The van der Waals surface area contributed by atoms with Crippen LogP contribution in [0.1, 0.15) is 39.9 Å². The number of aryl methyl sites for hydroxylation is 2. The van der Waals surface area contributed by atoms with Crippen LogP contribution in [0.3, 0.4) is 0 Å². The Morgan fingerprint density at radius 3 is 1.38 bits per heavy atom. The van der Waals surface area contributed by atoms with Gasteiger partial charge in [-0.1, -0.05) is 48.5 Å². The third kappa shape index (κ3) is 6.97. The molecule has 5 nitrogen and oxygen atoms in total. The van der Waals surface area contributed by atoms with Crippen LogP contribution in [-0.4, -0.2) is 81.3 Å². The summed E-state index contributed by atoms with van der Waals surface area (Å²) in [6.45, 7) is 9.81. The molecule has 0 spiro atoms. The maximum Gasteiger partial charge on any atom is 0.193 e. The van der Waals surface area contributed by atoms with Crippen LogP contribution in [-0.2, 0) is 22.3 Å². The van der Waals surface area contributed by atoms with E-state index in [2.05, 4.69) is 34.1 Å². The highest BCUT2D eigenvalue weighted by molar-refractivity contribution is 6.08. The molecular weight excluding hydrogens is 400 g/mol. The molecule has 0 bridgehead atoms. The van der Waals surface area contributed by atoms with Crippen molar-refractivity contribution in [1.29, 1.82) is 0 Å². The van der Waals surface area contributed by atoms with Crippen LogP contribution in [0.15, 0.2) is 48.5 Å². The van der Waals surface area contributed by atoms with E-state index in [-0.39, 0.29) is 5.78 Å². The van der Waals surface area contributed by atoms with E-state index in [1.54, 1.807) is 0 Å². The number of carbonyl (C=O) groups excluding carboxylic acids is 1. The lowest BCUT2D eigenvalue weighted by atomic mass is 9.99. The second kappa shape index (κ2) is 12.3. The van der Waals surface area contributed by atoms with Gasteiger partial charge in [0.1, 0.15) is 0 Å². The van der Waals surface area contributed by atoms with E-state index in [0.29, 0.717) is 0 Å². The molecule has 0 unspecified atom stereocenters. The van der Waals surface area contributed by atoms with Crippen LogP contribution >= 0.6 is 0 Å². The zero-order valence-corrected chi connectivity index (χ0v) is 19.1. The van der Waals surface area contributed by atoms with Crippen molar-refractivity contribution in [3.63, 3.8) is 0 Å². The van der Waals surface area contributed by atoms with E-state index >= 15 is 0 Å². The maximum atomic E-state index is 12.9. The highest BCUT2D eigenvalue weighted by Gasteiger charge is 2.12. The fourth-order valence-corrected chi connectivity index (χ4v) is 4.48. The Balaban J connectivity index is 1.21. The summed E-state index contributed by atoms with van der Waals surface area (Å²) in [6.07, 6.45) is 4.37. The molecule has 2 saturated heterocycles. The van der Waals surface area contributed by atoms with Crippen LogP contribution in [0.2, 0.25) is 0 Å². The van der Waals surface area contributed by atoms with Crippen LogP contribution in [0.5, 0.6) is 0 Å². The number of morpholine rings is 2. The quantitative estimate of drug-likeness (QED) is 0.534. The van der Waals surface area contributed by atoms with E-state index in [9.17, 15) is 4.79 Å². The van der Waals surface area contributed by atoms with Crippen LogP contribution in [0.4, 0.5) is 0 Å². The van der Waals surface area contributed by atoms with Gasteiger partial charge in [-0.3, -0.25) is 14.6 Å². The first kappa shape index (κ1) is 23.1. The van der Waals surface area contributed by atoms with Crippen molar-refractivity contribution in [2.24, 2.45) is 0 Å². The molecule has 2 aromatic rings. The predicted octanol–water partition coefficient (Wildman–Crippen LogP) is 3.45. The zero-order valence-electron chi connectivity index (χ0n) is 19.1. The molecule has 2 fully saturated rings. The summed E-state index contributed by atoms with van der Waals surface area (Å²) < 4.78 is 10.8. The first-order valence-electron chi connectivity index (χ1n) is 12.1. The molecule has 172 valence electrons. The number of ketones is 1. The summed E-state index contributed by atoms with van der Waals surface area (Å²) in [5.41, 5.74) is 4.12. The standard InChI is InChI=1S/C27H36N2O3/c30-27(25-9-5-23(6-10-25)3-1-13-28-15-19-31-20-16-28)26-11-7-24(8-12-26)4-2-14-29-17-21-32-22-18-29/h5-12H,1-4,13-22H2. The summed E-state index contributed by atoms with van der Waals surface area (Å²) in [7, 11) is 0. The fraction of sp³-hybridized carbons (Fsp3) is 0.519. The normalized spacial score (nSPS) is 18.0. The minimum absolute atomic E-state index is 0.102. The topological polar surface area (TPSA) is 42.0 Å². The average Bonchev–Trinajstić information content (AvgIpc) is 2.86. The van der Waals surface area contributed by atoms with Gasteiger partial charge in [-0.05, 0) is 49.9 Å². The van der Waals surface area contributed by atoms with Gasteiger partial charge in [0, 0.05) is 37.3 Å². The van der Waals surface area contributed by atoms with Gasteiger partial charge in [-0.15, -0.1) is 0 Å². The number of nitrogens with zero attached hydrogens (tertiary/aromatic N) is 2. The van der Waals surface area contributed by atoms with Crippen LogP contribution in [0.25, 0.3) is 0 Å². The zero-order chi connectivity index (χ0) is 22.0. The predicted molar refractivity (Wildman–Crippen MR) is 127 cm³/mol. The number of carbonyl (C=O) groups is 1. The lowest BCUT2D eigenvalue weighted by Gasteiger charge is -2.26. The Kier molecular flexibility index (Phi) is 8.86. The monoisotopic (exact) mass is 436 g/mol. The van der Waals surface area contributed by atoms with E-state index in [1.807, 2.05) is 24.3 Å². The summed E-state index contributed by atoms with van der Waals surface area (Å²) in [6, 6.07) is 16.3. The molecule has 32 heavy (non-hydrogen) atoms. The number of hydrogen-bond donors (Lipinski definition) is 0. The second-order valence-corrected chi connectivity index (χ2v) is 8.84. The van der Waals surface area contributed by atoms with E-state index < -0.39 is 0 Å². The Morgan fingerprint density at radius 1 is 0.625 bits per heavy atom. The molecule has 0 N–H and O–H groups in total. The smallest absolute Gasteiger partial charge is 0.193 e. The lowest BCUT2D eigenvalue weighted by Crippen LogP contribution is -2.36. The van der Waals surface area contributed by atoms with Crippen molar-refractivity contribution in [2.75, 3.05) is 65.7 Å². The van der Waals surface area contributed by atoms with Gasteiger partial charge in [0.25, 0.3) is 0 Å². The molecular formula is C27H36N2O3. The number of rotatable bonds is 10. The molecule has 2 heterocycles. The molecule has 0 aromatic heterocycles. The van der Waals surface area contributed by atoms with Gasteiger partial charge in [0.05, 0.1) is 26.4 Å². The minimum Gasteiger partial charge on any atom is -0.379 e. The molecule has 0 radical (unpaired) electrons. The van der Waals surface area contributed by atoms with Gasteiger partial charge in [0.15, 0.2) is 5.78 Å². The Labute approximate surface area is 192 Å². The third-order valence-corrected chi connectivity index (χ3v) is 6.52. The van der Waals surface area contributed by atoms with Gasteiger partial charge >= 0.3 is 0 Å². The molecule has 0 aliphatic carbocycles. The molecule has 2 aromatic carbocycles. The van der Waals surface area contributed by atoms with E-state index in [0.717, 1.165) is 103 Å². The number of benzene rings is 2. The highest BCUT2D eigenvalue weighted by Crippen LogP contribution is 2.15. The molecule has 5 heteroatoms. The van der Waals surface area contributed by atoms with Crippen molar-refractivity contribution in [2.45, 2.75) is 25.7 Å². The second-order valence-electron chi connectivity index (χ2n) is 8.84. The molecule has 0 atom stereocenters. The van der Waals surface area contributed by atoms with E-state index in [4.69, 9.17) is 9.47 Å². The molecule has 2 aliphatic rings. The summed E-state index contributed by atoms with van der Waals surface area (Å²) in [5.74, 6) is 0.102. The minimum atomic E-state index is 0.102. The lowest BCUT2D eigenvalue weighted by molar-refractivity contribution is 0.0374. The van der Waals surface area contributed by atoms with Crippen molar-refractivity contribution >= 4 is 5.78 Å². The number of ether oxygens (including phenoxy) is 2. The van der Waals surface area contributed by atoms with Gasteiger partial charge in [0.2, 0.25) is 0 Å². The fourth-order valence-electron chi connectivity index (χ4n) is 4.48. The van der Waals surface area contributed by atoms with Crippen LogP contribution in [0, 0.1) is 0 Å². The summed E-state index contributed by atoms with van der Waals surface area (Å²) in [5, 5.41) is 0. The Morgan fingerprint density at radius 2 is 1.00 bits per heavy atom. The van der Waals surface area contributed by atoms with Crippen molar-refractivity contribution in [3.05, 3.63) is 70.8 Å². The Bertz CT molecular complexity index is 753. The number of hydrogen-bond acceptors (Lipinski definition) is 5. The van der Waals surface area contributed by atoms with Crippen LogP contribution < -0.4 is 0 Å². The van der Waals surface area contributed by atoms with Crippen molar-refractivity contribution in [1.82, 2.24) is 9.80 Å². The van der Waals surface area contributed by atoms with Crippen molar-refractivity contribution < 1.29 is 14.3 Å². The third-order valence-electron chi connectivity index (χ3n) is 6.52.